The maximum Gasteiger partial charge on any atom is 0.348 e. The number of hydrogen-bond donors (Lipinski definition) is 3. The van der Waals surface area contributed by atoms with Crippen LogP contribution in [0.5, 0.6) is 0 Å². The van der Waals surface area contributed by atoms with E-state index in [0.29, 0.717) is 9.75 Å². The Bertz CT molecular complexity index is 349. The largest absolute Gasteiger partial charge is 0.462 e. The van der Waals surface area contributed by atoms with Crippen LogP contribution in [-0.4, -0.2) is 40.6 Å². The number of aliphatic hydroxyl groups excluding tert-OH is 3. The maximum absolute atomic E-state index is 11.3. The molecule has 2 atom stereocenters. The predicted molar refractivity (Wildman–Crippen MR) is 58.3 cm³/mol. The number of carbonyl (C=O) groups excluding carboxylic acids is 1. The Morgan fingerprint density at radius 1 is 1.50 bits per heavy atom. The average Bonchev–Trinajstić information content (AvgIpc) is 2.76. The minimum absolute atomic E-state index is 0.286. The molecule has 5 nitrogen and oxygen atoms in total. The molecule has 0 aliphatic rings. The third-order valence-corrected chi connectivity index (χ3v) is 3.08. The molecule has 2 unspecified atom stereocenters. The summed E-state index contributed by atoms with van der Waals surface area (Å²) in [6, 6.07) is 3.05. The van der Waals surface area contributed by atoms with Crippen molar-refractivity contribution in [1.82, 2.24) is 0 Å². The van der Waals surface area contributed by atoms with Gasteiger partial charge in [0.05, 0.1) is 13.2 Å². The monoisotopic (exact) mass is 246 g/mol. The van der Waals surface area contributed by atoms with Crippen molar-refractivity contribution in [3.05, 3.63) is 21.9 Å². The van der Waals surface area contributed by atoms with Crippen molar-refractivity contribution >= 4 is 17.3 Å². The number of carbonyl (C=O) groups is 1. The van der Waals surface area contributed by atoms with Crippen molar-refractivity contribution in [3.63, 3.8) is 0 Å². The zero-order valence-corrected chi connectivity index (χ0v) is 9.61. The standard InChI is InChI=1S/C10H14O5S/c1-2-15-10(14)8-4-3-7(16-8)9(13)6(12)5-11/h3-4,6,9,11-13H,2,5H2,1H3. The van der Waals surface area contributed by atoms with E-state index in [1.54, 1.807) is 6.92 Å². The number of esters is 1. The number of ether oxygens (including phenoxy) is 1. The Hall–Kier alpha value is -0.950. The first-order valence-corrected chi connectivity index (χ1v) is 5.65. The van der Waals surface area contributed by atoms with Crippen molar-refractivity contribution in [1.29, 1.82) is 0 Å². The van der Waals surface area contributed by atoms with Crippen molar-refractivity contribution in [2.75, 3.05) is 13.2 Å². The van der Waals surface area contributed by atoms with Crippen LogP contribution in [0, 0.1) is 0 Å². The summed E-state index contributed by atoms with van der Waals surface area (Å²) in [6.45, 7) is 1.46. The van der Waals surface area contributed by atoms with Crippen LogP contribution in [0.3, 0.4) is 0 Å². The van der Waals surface area contributed by atoms with E-state index in [-0.39, 0.29) is 6.61 Å². The van der Waals surface area contributed by atoms with E-state index < -0.39 is 24.8 Å². The Morgan fingerprint density at radius 2 is 2.19 bits per heavy atom. The molecule has 1 rings (SSSR count). The van der Waals surface area contributed by atoms with E-state index in [1.807, 2.05) is 0 Å². The molecule has 16 heavy (non-hydrogen) atoms. The second kappa shape index (κ2) is 5.95. The van der Waals surface area contributed by atoms with Crippen LogP contribution in [0.25, 0.3) is 0 Å². The molecule has 0 bridgehead atoms. The molecular weight excluding hydrogens is 232 g/mol. The third-order valence-electron chi connectivity index (χ3n) is 1.95. The summed E-state index contributed by atoms with van der Waals surface area (Å²) >= 11 is 1.04. The van der Waals surface area contributed by atoms with Crippen LogP contribution in [0.4, 0.5) is 0 Å². The van der Waals surface area contributed by atoms with E-state index in [4.69, 9.17) is 9.84 Å². The van der Waals surface area contributed by atoms with Gasteiger partial charge < -0.3 is 20.1 Å². The molecule has 0 fully saturated rings. The second-order valence-corrected chi connectivity index (χ2v) is 4.23. The summed E-state index contributed by atoms with van der Waals surface area (Å²) in [4.78, 5) is 12.1. The van der Waals surface area contributed by atoms with E-state index in [0.717, 1.165) is 11.3 Å². The summed E-state index contributed by atoms with van der Waals surface area (Å²) < 4.78 is 4.79. The van der Waals surface area contributed by atoms with Crippen LogP contribution < -0.4 is 0 Å². The Balaban J connectivity index is 2.74. The summed E-state index contributed by atoms with van der Waals surface area (Å²) in [5.74, 6) is -0.454. The molecule has 0 radical (unpaired) electrons. The topological polar surface area (TPSA) is 87.0 Å². The van der Waals surface area contributed by atoms with Gasteiger partial charge in [0.15, 0.2) is 0 Å². The lowest BCUT2D eigenvalue weighted by molar-refractivity contribution is -0.0135. The van der Waals surface area contributed by atoms with Gasteiger partial charge in [0, 0.05) is 4.88 Å². The minimum atomic E-state index is -1.24. The molecule has 90 valence electrons. The summed E-state index contributed by atoms with van der Waals surface area (Å²) in [6.07, 6.45) is -2.42. The molecule has 0 aromatic carbocycles. The Morgan fingerprint density at radius 3 is 2.75 bits per heavy atom. The first-order valence-electron chi connectivity index (χ1n) is 4.84. The summed E-state index contributed by atoms with van der Waals surface area (Å²) in [5, 5.41) is 27.5. The predicted octanol–water partition coefficient (Wildman–Crippen LogP) is 0.311. The lowest BCUT2D eigenvalue weighted by Gasteiger charge is -2.13. The van der Waals surface area contributed by atoms with Crippen LogP contribution in [0.15, 0.2) is 12.1 Å². The smallest absolute Gasteiger partial charge is 0.348 e. The fraction of sp³-hybridized carbons (Fsp3) is 0.500. The highest BCUT2D eigenvalue weighted by Gasteiger charge is 2.21. The van der Waals surface area contributed by atoms with Gasteiger partial charge in [-0.05, 0) is 19.1 Å². The summed E-state index contributed by atoms with van der Waals surface area (Å²) in [7, 11) is 0. The third kappa shape index (κ3) is 3.02. The van der Waals surface area contributed by atoms with Gasteiger partial charge in [-0.3, -0.25) is 0 Å². The van der Waals surface area contributed by atoms with Crippen LogP contribution in [-0.2, 0) is 4.74 Å². The molecular formula is C10H14O5S. The van der Waals surface area contributed by atoms with E-state index in [1.165, 1.54) is 12.1 Å². The van der Waals surface area contributed by atoms with Crippen molar-refractivity contribution in [2.45, 2.75) is 19.1 Å². The second-order valence-electron chi connectivity index (χ2n) is 3.12. The molecule has 0 spiro atoms. The fourth-order valence-corrected chi connectivity index (χ4v) is 2.06. The normalized spacial score (nSPS) is 14.5. The van der Waals surface area contributed by atoms with E-state index >= 15 is 0 Å². The molecule has 0 amide bonds. The fourth-order valence-electron chi connectivity index (χ4n) is 1.11. The molecule has 1 aromatic heterocycles. The quantitative estimate of drug-likeness (QED) is 0.651. The van der Waals surface area contributed by atoms with Crippen LogP contribution >= 0.6 is 11.3 Å². The van der Waals surface area contributed by atoms with Crippen LogP contribution in [0.1, 0.15) is 27.6 Å². The zero-order valence-electron chi connectivity index (χ0n) is 8.79. The van der Waals surface area contributed by atoms with Crippen molar-refractivity contribution in [3.8, 4) is 0 Å². The minimum Gasteiger partial charge on any atom is -0.462 e. The van der Waals surface area contributed by atoms with Gasteiger partial charge in [-0.15, -0.1) is 11.3 Å². The van der Waals surface area contributed by atoms with Gasteiger partial charge in [0.1, 0.15) is 17.1 Å². The molecule has 0 aliphatic heterocycles. The van der Waals surface area contributed by atoms with E-state index in [9.17, 15) is 15.0 Å². The zero-order chi connectivity index (χ0) is 12.1. The SMILES string of the molecule is CCOC(=O)c1ccc(C(O)C(O)CO)s1. The molecule has 1 aromatic rings. The highest BCUT2D eigenvalue weighted by Crippen LogP contribution is 2.26. The Kier molecular flexibility index (Phi) is 4.88. The van der Waals surface area contributed by atoms with Gasteiger partial charge >= 0.3 is 5.97 Å². The molecule has 6 heteroatoms. The molecule has 1 heterocycles. The van der Waals surface area contributed by atoms with Gasteiger partial charge in [0.2, 0.25) is 0 Å². The first-order chi connectivity index (χ1) is 7.60. The number of hydrogen-bond acceptors (Lipinski definition) is 6. The van der Waals surface area contributed by atoms with Gasteiger partial charge in [-0.25, -0.2) is 4.79 Å². The number of rotatable bonds is 5. The number of thiophene rings is 1. The van der Waals surface area contributed by atoms with Crippen molar-refractivity contribution in [2.24, 2.45) is 0 Å². The Labute approximate surface area is 96.9 Å². The van der Waals surface area contributed by atoms with Gasteiger partial charge in [-0.2, -0.15) is 0 Å². The number of aliphatic hydroxyl groups is 3. The first kappa shape index (κ1) is 13.1. The average molecular weight is 246 g/mol. The lowest BCUT2D eigenvalue weighted by atomic mass is 10.2. The molecule has 0 aliphatic carbocycles. The highest BCUT2D eigenvalue weighted by molar-refractivity contribution is 7.14. The maximum atomic E-state index is 11.3. The molecule has 0 saturated heterocycles. The molecule has 0 saturated carbocycles. The van der Waals surface area contributed by atoms with Crippen molar-refractivity contribution < 1.29 is 24.9 Å². The van der Waals surface area contributed by atoms with Crippen LogP contribution in [0.2, 0.25) is 0 Å². The summed E-state index contributed by atoms with van der Waals surface area (Å²) in [5.41, 5.74) is 0. The lowest BCUT2D eigenvalue weighted by Crippen LogP contribution is -2.21. The van der Waals surface area contributed by atoms with Gasteiger partial charge in [0.25, 0.3) is 0 Å². The molecule has 3 N–H and O–H groups in total. The van der Waals surface area contributed by atoms with E-state index in [2.05, 4.69) is 0 Å². The highest BCUT2D eigenvalue weighted by atomic mass is 32.1. The van der Waals surface area contributed by atoms with Gasteiger partial charge in [-0.1, -0.05) is 0 Å².